The lowest BCUT2D eigenvalue weighted by Gasteiger charge is -2.63. The van der Waals surface area contributed by atoms with Crippen LogP contribution in [0.1, 0.15) is 136 Å². The number of nitrogens with one attached hydrogen (secondary N) is 6. The lowest BCUT2D eigenvalue weighted by molar-refractivity contribution is -0.234. The van der Waals surface area contributed by atoms with E-state index in [1.54, 1.807) is 69.3 Å². The average molecular weight is 1260 g/mol. The highest BCUT2D eigenvalue weighted by atomic mass is 19.1. The van der Waals surface area contributed by atoms with Crippen molar-refractivity contribution in [3.63, 3.8) is 0 Å². The number of aliphatic hydroxyl groups is 1. The van der Waals surface area contributed by atoms with E-state index in [1.807, 2.05) is 6.92 Å². The Morgan fingerprint density at radius 2 is 1.58 bits per heavy atom. The molecule has 7 amide bonds. The van der Waals surface area contributed by atoms with Crippen LogP contribution in [0.4, 0.5) is 29.7 Å². The van der Waals surface area contributed by atoms with E-state index in [2.05, 4.69) is 43.7 Å². The van der Waals surface area contributed by atoms with Gasteiger partial charge in [-0.2, -0.15) is 0 Å². The lowest BCUT2D eigenvalue weighted by atomic mass is 9.44. The number of nitrogens with two attached hydrogens (primary N) is 2. The minimum Gasteiger partial charge on any atom is -0.486 e. The number of allylic oxidation sites excluding steroid dienone is 4. The molecule has 1 aliphatic heterocycles. The lowest BCUT2D eigenvalue weighted by Crippen LogP contribution is -2.71. The van der Waals surface area contributed by atoms with Crippen molar-refractivity contribution in [2.75, 3.05) is 36.9 Å². The number of ketones is 2. The van der Waals surface area contributed by atoms with Crippen molar-refractivity contribution in [2.45, 2.75) is 198 Å². The Bertz CT molecular complexity index is 3070. The SMILES string of the molecule is CCCC1O[C@@H]2C[C@H]3[C@@H]4C[C@H](F)C5=CC(=O)C=C[C@]5(C)[C@@]4(F)[C@@H](O)C[C@]3(C)[C@]2(C(=O)COc2ccc(NC(=O)OCc3ccc(NC(=O)[C@H](CCCNC(N)=O)NC(=O)[C@@H](NC(=O)[C@H](N)CCCCNC(=O)COC4C#CCCCCC4)C(C)C)cc3)cc2)O1. The van der Waals surface area contributed by atoms with Gasteiger partial charge in [0, 0.05) is 47.6 Å². The third kappa shape index (κ3) is 15.5. The molecule has 0 aromatic heterocycles. The van der Waals surface area contributed by atoms with E-state index in [-0.39, 0.29) is 81.6 Å². The van der Waals surface area contributed by atoms with Crippen molar-refractivity contribution in [3.8, 4) is 17.6 Å². The highest BCUT2D eigenvalue weighted by Gasteiger charge is 2.80. The number of urea groups is 1. The van der Waals surface area contributed by atoms with Gasteiger partial charge in [-0.1, -0.05) is 64.7 Å². The number of hydrogen-bond donors (Lipinski definition) is 9. The molecule has 5 aliphatic carbocycles. The number of halogens is 2. The molecule has 2 aromatic rings. The molecular formula is C66H88F2N8O14. The van der Waals surface area contributed by atoms with Gasteiger partial charge in [-0.25, -0.2) is 18.4 Å². The standard InChI is InChI=1S/C66H88F2N8O14/c1-6-15-56-89-54-34-46-47-33-49(67)48-32-43(77)28-29-63(48,4)65(47,68)52(78)35-64(46,5)66(54,90-56)53(79)37-86-45-26-24-42(25-27-45)74-62(85)88-36-40-20-22-41(23-21-40)73-59(82)51(19-14-31-72-61(70)84)75-60(83)57(39(2)3)76-58(81)50(69)18-12-13-30-71-55(80)38-87-44-16-10-8-7-9-11-17-44/h20-29,32,39,44,46-47,49-52,54,56-57,78H,6-10,12-16,18-19,30-31,33-38,69H2,1-5H3,(H,71,80)(H,73,82)(H,74,85)(H,75,83)(H,76,81)(H3,70,72,84)/t44?,46-,47-,49-,50+,51-,52-,54+,56?,57-,63-,64-,65-,66+/m0/s1. The van der Waals surface area contributed by atoms with Gasteiger partial charge in [0.1, 0.15) is 49.9 Å². The summed E-state index contributed by atoms with van der Waals surface area (Å²) in [6.45, 7) is 8.50. The zero-order valence-electron chi connectivity index (χ0n) is 52.0. The van der Waals surface area contributed by atoms with E-state index in [1.165, 1.54) is 19.1 Å². The number of aliphatic hydroxyl groups excluding tert-OH is 1. The zero-order chi connectivity index (χ0) is 65.0. The molecule has 0 spiro atoms. The normalized spacial score (nSPS) is 29.1. The largest absolute Gasteiger partial charge is 0.486 e. The summed E-state index contributed by atoms with van der Waals surface area (Å²) in [6, 6.07) is 8.72. The van der Waals surface area contributed by atoms with Crippen LogP contribution < -0.4 is 48.1 Å². The Morgan fingerprint density at radius 3 is 2.30 bits per heavy atom. The van der Waals surface area contributed by atoms with Gasteiger partial charge in [0.05, 0.1) is 18.2 Å². The number of unbranched alkanes of at least 4 members (excludes halogenated alkanes) is 1. The van der Waals surface area contributed by atoms with Crippen molar-refractivity contribution >= 4 is 58.7 Å². The number of alkyl halides is 2. The van der Waals surface area contributed by atoms with Crippen LogP contribution in [0.2, 0.25) is 0 Å². The van der Waals surface area contributed by atoms with Gasteiger partial charge >= 0.3 is 12.1 Å². The number of carbonyl (C=O) groups excluding carboxylic acids is 8. The number of benzene rings is 2. The number of rotatable bonds is 28. The van der Waals surface area contributed by atoms with E-state index in [0.29, 0.717) is 49.2 Å². The molecule has 2 unspecified atom stereocenters. The Morgan fingerprint density at radius 1 is 0.856 bits per heavy atom. The monoisotopic (exact) mass is 1250 g/mol. The number of primary amides is 1. The summed E-state index contributed by atoms with van der Waals surface area (Å²) >= 11 is 0. The molecule has 14 atom stereocenters. The molecule has 22 nitrogen and oxygen atoms in total. The fraction of sp³-hybridized carbons (Fsp3) is 0.606. The second kappa shape index (κ2) is 30.2. The summed E-state index contributed by atoms with van der Waals surface area (Å²) in [5.74, 6) is 1.42. The molecule has 0 radical (unpaired) electrons. The predicted octanol–water partition coefficient (Wildman–Crippen LogP) is 6.57. The van der Waals surface area contributed by atoms with Gasteiger partial charge in [0.15, 0.2) is 23.3 Å². The summed E-state index contributed by atoms with van der Waals surface area (Å²) in [6.07, 6.45) is 5.20. The first kappa shape index (κ1) is 68.6. The van der Waals surface area contributed by atoms with Crippen LogP contribution in [0.25, 0.3) is 0 Å². The summed E-state index contributed by atoms with van der Waals surface area (Å²) in [5.41, 5.74) is 5.95. The number of amides is 7. The van der Waals surface area contributed by atoms with Crippen LogP contribution in [0, 0.1) is 40.4 Å². The first-order valence-electron chi connectivity index (χ1n) is 31.6. The van der Waals surface area contributed by atoms with Crippen LogP contribution in [-0.2, 0) is 54.3 Å². The first-order valence-corrected chi connectivity index (χ1v) is 31.6. The Kier molecular flexibility index (Phi) is 23.0. The van der Waals surface area contributed by atoms with Crippen molar-refractivity contribution in [2.24, 2.45) is 40.1 Å². The molecule has 0 bridgehead atoms. The molecule has 1 saturated heterocycles. The smallest absolute Gasteiger partial charge is 0.411 e. The average Bonchev–Trinajstić information content (AvgIpc) is 1.39. The quantitative estimate of drug-likeness (QED) is 0.0321. The highest BCUT2D eigenvalue weighted by molar-refractivity contribution is 6.02. The summed E-state index contributed by atoms with van der Waals surface area (Å²) in [4.78, 5) is 105. The van der Waals surface area contributed by atoms with Crippen molar-refractivity contribution < 1.29 is 75.9 Å². The first-order chi connectivity index (χ1) is 42.9. The van der Waals surface area contributed by atoms with Gasteiger partial charge in [0.2, 0.25) is 29.4 Å². The van der Waals surface area contributed by atoms with Crippen LogP contribution in [-0.4, -0.2) is 139 Å². The van der Waals surface area contributed by atoms with Gasteiger partial charge < -0.3 is 66.8 Å². The van der Waals surface area contributed by atoms with E-state index in [9.17, 15) is 43.5 Å². The number of hydrogen-bond acceptors (Lipinski definition) is 15. The molecule has 11 N–H and O–H groups in total. The molecule has 4 fully saturated rings. The molecular weight excluding hydrogens is 1170 g/mol. The predicted molar refractivity (Wildman–Crippen MR) is 328 cm³/mol. The van der Waals surface area contributed by atoms with Gasteiger partial charge in [-0.05, 0) is 155 Å². The number of Topliss-reactive ketones (excluding diaryl/α,β-unsaturated/α-hetero) is 1. The number of carbonyl (C=O) groups is 8. The minimum atomic E-state index is -2.35. The van der Waals surface area contributed by atoms with Crippen molar-refractivity contribution in [1.29, 1.82) is 0 Å². The van der Waals surface area contributed by atoms with Gasteiger partial charge in [-0.15, -0.1) is 5.92 Å². The van der Waals surface area contributed by atoms with Crippen LogP contribution in [0.3, 0.4) is 0 Å². The van der Waals surface area contributed by atoms with Crippen LogP contribution in [0.5, 0.6) is 5.75 Å². The maximum absolute atomic E-state index is 17.9. The van der Waals surface area contributed by atoms with Crippen LogP contribution in [0.15, 0.2) is 72.3 Å². The minimum absolute atomic E-state index is 0.00719. The maximum atomic E-state index is 17.9. The molecule has 1 heterocycles. The highest BCUT2D eigenvalue weighted by Crippen LogP contribution is 2.72. The topological polar surface area (TPSA) is 327 Å². The third-order valence-electron chi connectivity index (χ3n) is 18.8. The fourth-order valence-electron chi connectivity index (χ4n) is 14.0. The molecule has 490 valence electrons. The van der Waals surface area contributed by atoms with E-state index in [4.69, 9.17) is 35.2 Å². The molecule has 8 rings (SSSR count). The molecule has 3 saturated carbocycles. The maximum Gasteiger partial charge on any atom is 0.411 e. The van der Waals surface area contributed by atoms with E-state index in [0.717, 1.165) is 38.2 Å². The molecule has 6 aliphatic rings. The zero-order valence-corrected chi connectivity index (χ0v) is 52.0. The number of fused-ring (bicyclic) bond motifs is 7. The third-order valence-corrected chi connectivity index (χ3v) is 18.8. The summed E-state index contributed by atoms with van der Waals surface area (Å²) in [7, 11) is 0. The Labute approximate surface area is 524 Å². The van der Waals surface area contributed by atoms with Crippen LogP contribution >= 0.6 is 0 Å². The van der Waals surface area contributed by atoms with E-state index >= 15 is 8.78 Å². The van der Waals surface area contributed by atoms with E-state index < -0.39 is 131 Å². The van der Waals surface area contributed by atoms with Gasteiger partial charge in [-0.3, -0.25) is 34.1 Å². The fourth-order valence-corrected chi connectivity index (χ4v) is 14.0. The Balaban J connectivity index is 0.794. The number of anilines is 2. The Hall–Kier alpha value is -7.30. The second-order valence-electron chi connectivity index (χ2n) is 25.3. The molecule has 2 aromatic carbocycles. The summed E-state index contributed by atoms with van der Waals surface area (Å²) in [5, 5.41) is 28.1. The van der Waals surface area contributed by atoms with Crippen molar-refractivity contribution in [1.82, 2.24) is 21.3 Å². The van der Waals surface area contributed by atoms with Crippen molar-refractivity contribution in [3.05, 3.63) is 77.9 Å². The second-order valence-corrected chi connectivity index (χ2v) is 25.3. The molecule has 24 heteroatoms. The summed E-state index contributed by atoms with van der Waals surface area (Å²) < 4.78 is 64.3. The molecule has 90 heavy (non-hydrogen) atoms. The number of ether oxygens (including phenoxy) is 5. The van der Waals surface area contributed by atoms with Gasteiger partial charge in [0.25, 0.3) is 0 Å².